The number of nitrogens with one attached hydrogen (secondary N) is 1. The van der Waals surface area contributed by atoms with Gasteiger partial charge in [0, 0.05) is 19.2 Å². The molecule has 1 atom stereocenters. The lowest BCUT2D eigenvalue weighted by Gasteiger charge is -2.29. The van der Waals surface area contributed by atoms with Gasteiger partial charge in [0.15, 0.2) is 0 Å². The molecule has 7 nitrogen and oxygen atoms in total. The molecule has 1 aliphatic heterocycles. The van der Waals surface area contributed by atoms with Crippen molar-refractivity contribution in [3.05, 3.63) is 32.8 Å². The topological polar surface area (TPSA) is 84.7 Å². The summed E-state index contributed by atoms with van der Waals surface area (Å²) in [7, 11) is 3.27. The van der Waals surface area contributed by atoms with Gasteiger partial charge in [-0.3, -0.25) is 10.1 Å². The summed E-state index contributed by atoms with van der Waals surface area (Å²) < 4.78 is 4.59. The van der Waals surface area contributed by atoms with Crippen molar-refractivity contribution in [1.82, 2.24) is 4.90 Å². The molecule has 0 bridgehead atoms. The second-order valence-electron chi connectivity index (χ2n) is 5.75. The molecule has 1 aromatic rings. The number of esters is 1. The standard InChI is InChI=1S/C15H20ClN3O4/c1-18-5-3-4-10(9-18)8-17-13-7-12(16)11(15(20)23-2)6-14(13)19(21)22/h6-7,10,17H,3-5,8-9H2,1-2H3. The highest BCUT2D eigenvalue weighted by atomic mass is 35.5. The fraction of sp³-hybridized carbons (Fsp3) is 0.533. The Balaban J connectivity index is 2.18. The third-order valence-corrected chi connectivity index (χ3v) is 4.30. The maximum Gasteiger partial charge on any atom is 0.339 e. The maximum atomic E-state index is 11.6. The number of methoxy groups -OCH3 is 1. The number of nitro benzene ring substituents is 1. The Morgan fingerprint density at radius 3 is 2.91 bits per heavy atom. The number of benzene rings is 1. The van der Waals surface area contributed by atoms with Gasteiger partial charge in [-0.25, -0.2) is 4.79 Å². The minimum absolute atomic E-state index is 0.0104. The Labute approximate surface area is 139 Å². The molecule has 126 valence electrons. The summed E-state index contributed by atoms with van der Waals surface area (Å²) in [5.41, 5.74) is 0.128. The summed E-state index contributed by atoms with van der Waals surface area (Å²) in [5, 5.41) is 14.5. The number of carbonyl (C=O) groups excluding carboxylic acids is 1. The van der Waals surface area contributed by atoms with Gasteiger partial charge in [-0.1, -0.05) is 11.6 Å². The molecule has 0 aliphatic carbocycles. The largest absolute Gasteiger partial charge is 0.465 e. The Morgan fingerprint density at radius 2 is 2.30 bits per heavy atom. The minimum Gasteiger partial charge on any atom is -0.465 e. The number of nitro groups is 1. The number of likely N-dealkylation sites (tertiary alicyclic amines) is 1. The van der Waals surface area contributed by atoms with Crippen LogP contribution in [0.3, 0.4) is 0 Å². The molecule has 0 aromatic heterocycles. The van der Waals surface area contributed by atoms with Gasteiger partial charge >= 0.3 is 5.97 Å². The van der Waals surface area contributed by atoms with Crippen molar-refractivity contribution in [1.29, 1.82) is 0 Å². The highest BCUT2D eigenvalue weighted by Crippen LogP contribution is 2.32. The van der Waals surface area contributed by atoms with Crippen LogP contribution in [0.25, 0.3) is 0 Å². The van der Waals surface area contributed by atoms with E-state index in [4.69, 9.17) is 11.6 Å². The van der Waals surface area contributed by atoms with E-state index >= 15 is 0 Å². The SMILES string of the molecule is COC(=O)c1cc([N+](=O)[O-])c(NCC2CCCN(C)C2)cc1Cl. The van der Waals surface area contributed by atoms with Crippen LogP contribution in [0.1, 0.15) is 23.2 Å². The zero-order valence-corrected chi connectivity index (χ0v) is 13.9. The molecule has 2 rings (SSSR count). The van der Waals surface area contributed by atoms with Gasteiger partial charge in [0.1, 0.15) is 5.69 Å². The van der Waals surface area contributed by atoms with Crippen molar-refractivity contribution in [2.75, 3.05) is 39.1 Å². The molecule has 1 aliphatic rings. The summed E-state index contributed by atoms with van der Waals surface area (Å²) >= 11 is 6.05. The summed E-state index contributed by atoms with van der Waals surface area (Å²) in [6, 6.07) is 2.57. The first-order valence-corrected chi connectivity index (χ1v) is 7.78. The van der Waals surface area contributed by atoms with Gasteiger partial charge in [0.05, 0.1) is 22.6 Å². The van der Waals surface area contributed by atoms with Gasteiger partial charge in [-0.05, 0) is 38.4 Å². The van der Waals surface area contributed by atoms with E-state index < -0.39 is 10.9 Å². The molecule has 0 amide bonds. The molecule has 1 unspecified atom stereocenters. The van der Waals surface area contributed by atoms with Gasteiger partial charge in [0.2, 0.25) is 0 Å². The van der Waals surface area contributed by atoms with Crippen LogP contribution in [0, 0.1) is 16.0 Å². The van der Waals surface area contributed by atoms with E-state index in [9.17, 15) is 14.9 Å². The first-order chi connectivity index (χ1) is 10.9. The quantitative estimate of drug-likeness (QED) is 0.503. The average molecular weight is 342 g/mol. The Bertz CT molecular complexity index is 609. The van der Waals surface area contributed by atoms with Gasteiger partial charge < -0.3 is 15.0 Å². The summed E-state index contributed by atoms with van der Waals surface area (Å²) in [6.45, 7) is 2.66. The third kappa shape index (κ3) is 4.33. The van der Waals surface area contributed by atoms with Crippen LogP contribution in [-0.4, -0.2) is 49.6 Å². The highest BCUT2D eigenvalue weighted by Gasteiger charge is 2.23. The van der Waals surface area contributed by atoms with Gasteiger partial charge in [-0.2, -0.15) is 0 Å². The Kier molecular flexibility index (Phi) is 5.79. The first kappa shape index (κ1) is 17.5. The molecule has 1 saturated heterocycles. The molecule has 1 N–H and O–H groups in total. The minimum atomic E-state index is -0.696. The van der Waals surface area contributed by atoms with E-state index in [-0.39, 0.29) is 16.3 Å². The van der Waals surface area contributed by atoms with Crippen LogP contribution in [0.5, 0.6) is 0 Å². The van der Waals surface area contributed by atoms with Crippen molar-refractivity contribution < 1.29 is 14.5 Å². The van der Waals surface area contributed by atoms with Crippen molar-refractivity contribution in [2.24, 2.45) is 5.92 Å². The highest BCUT2D eigenvalue weighted by molar-refractivity contribution is 6.34. The molecule has 0 spiro atoms. The second-order valence-corrected chi connectivity index (χ2v) is 6.16. The molecule has 1 fully saturated rings. The lowest BCUT2D eigenvalue weighted by molar-refractivity contribution is -0.384. The van der Waals surface area contributed by atoms with E-state index in [0.717, 1.165) is 32.0 Å². The van der Waals surface area contributed by atoms with E-state index in [1.54, 1.807) is 0 Å². The molecule has 1 aromatic carbocycles. The smallest absolute Gasteiger partial charge is 0.339 e. The average Bonchev–Trinajstić information content (AvgIpc) is 2.52. The summed E-state index contributed by atoms with van der Waals surface area (Å²) in [5.74, 6) is -0.272. The van der Waals surface area contributed by atoms with Crippen molar-refractivity contribution >= 4 is 28.9 Å². The van der Waals surface area contributed by atoms with Crippen molar-refractivity contribution in [3.63, 3.8) is 0 Å². The first-order valence-electron chi connectivity index (χ1n) is 7.41. The fourth-order valence-corrected chi connectivity index (χ4v) is 3.06. The zero-order valence-electron chi connectivity index (χ0n) is 13.2. The fourth-order valence-electron chi connectivity index (χ4n) is 2.81. The van der Waals surface area contributed by atoms with E-state index in [2.05, 4.69) is 22.0 Å². The van der Waals surface area contributed by atoms with E-state index in [0.29, 0.717) is 18.2 Å². The Morgan fingerprint density at radius 1 is 1.57 bits per heavy atom. The summed E-state index contributed by atoms with van der Waals surface area (Å²) in [6.07, 6.45) is 2.20. The molecule has 0 saturated carbocycles. The second kappa shape index (κ2) is 7.61. The molecule has 8 heteroatoms. The number of piperidine rings is 1. The number of rotatable bonds is 5. The lowest BCUT2D eigenvalue weighted by atomic mass is 9.98. The number of hydrogen-bond donors (Lipinski definition) is 1. The van der Waals surface area contributed by atoms with Gasteiger partial charge in [0.25, 0.3) is 5.69 Å². The maximum absolute atomic E-state index is 11.6. The number of halogens is 1. The molecular weight excluding hydrogens is 322 g/mol. The molecular formula is C15H20ClN3O4. The number of hydrogen-bond acceptors (Lipinski definition) is 6. The number of nitrogens with zero attached hydrogens (tertiary/aromatic N) is 2. The molecule has 1 heterocycles. The number of ether oxygens (including phenoxy) is 1. The van der Waals surface area contributed by atoms with Crippen LogP contribution < -0.4 is 5.32 Å². The van der Waals surface area contributed by atoms with E-state index in [1.165, 1.54) is 13.2 Å². The lowest BCUT2D eigenvalue weighted by Crippen LogP contribution is -2.35. The van der Waals surface area contributed by atoms with Crippen molar-refractivity contribution in [3.8, 4) is 0 Å². The summed E-state index contributed by atoms with van der Waals surface area (Å²) in [4.78, 5) is 24.6. The third-order valence-electron chi connectivity index (χ3n) is 3.99. The van der Waals surface area contributed by atoms with Crippen LogP contribution in [-0.2, 0) is 4.74 Å². The van der Waals surface area contributed by atoms with Crippen LogP contribution in [0.2, 0.25) is 5.02 Å². The monoisotopic (exact) mass is 341 g/mol. The van der Waals surface area contributed by atoms with E-state index in [1.807, 2.05) is 0 Å². The number of anilines is 1. The van der Waals surface area contributed by atoms with Crippen LogP contribution in [0.15, 0.2) is 12.1 Å². The predicted molar refractivity (Wildman–Crippen MR) is 88.2 cm³/mol. The van der Waals surface area contributed by atoms with Crippen LogP contribution >= 0.6 is 11.6 Å². The molecule has 23 heavy (non-hydrogen) atoms. The zero-order chi connectivity index (χ0) is 17.0. The number of carbonyl (C=O) groups is 1. The predicted octanol–water partition coefficient (Wildman–Crippen LogP) is 2.79. The van der Waals surface area contributed by atoms with Crippen LogP contribution in [0.4, 0.5) is 11.4 Å². The van der Waals surface area contributed by atoms with Gasteiger partial charge in [-0.15, -0.1) is 0 Å². The Hall–Kier alpha value is -1.86. The van der Waals surface area contributed by atoms with Crippen molar-refractivity contribution in [2.45, 2.75) is 12.8 Å². The normalized spacial score (nSPS) is 18.5. The molecule has 0 radical (unpaired) electrons.